The molecule has 0 amide bonds. The summed E-state index contributed by atoms with van der Waals surface area (Å²) in [5.74, 6) is 0.820. The van der Waals surface area contributed by atoms with Crippen LogP contribution in [-0.4, -0.2) is 19.4 Å². The molecule has 0 heterocycles. The number of rotatable bonds is 12. The molecule has 11 heteroatoms. The molecule has 4 nitrogen and oxygen atoms in total. The number of unbranched alkanes of at least 4 members (excludes halogenated alkanes) is 2. The molecule has 0 aromatic heterocycles. The van der Waals surface area contributed by atoms with E-state index < -0.39 is 11.7 Å². The fraction of sp³-hybridized carbons (Fsp3) is 0.318. The van der Waals surface area contributed by atoms with Crippen molar-refractivity contribution in [1.82, 2.24) is 0 Å². The van der Waals surface area contributed by atoms with E-state index in [1.807, 2.05) is 0 Å². The van der Waals surface area contributed by atoms with Gasteiger partial charge in [0.15, 0.2) is 5.75 Å². The summed E-state index contributed by atoms with van der Waals surface area (Å²) in [6.07, 6.45) is 0.856. The van der Waals surface area contributed by atoms with Crippen LogP contribution in [0.4, 0.5) is 13.2 Å². The molecule has 0 saturated heterocycles. The molecule has 2 aromatic rings. The number of nitrogens with zero attached hydrogens (tertiary/aromatic N) is 1. The summed E-state index contributed by atoms with van der Waals surface area (Å²) in [4.78, 5) is 5.10. The van der Waals surface area contributed by atoms with Gasteiger partial charge in [-0.05, 0) is 43.0 Å². The zero-order valence-corrected chi connectivity index (χ0v) is 20.2. The number of halogens is 7. The van der Waals surface area contributed by atoms with Crippen molar-refractivity contribution in [3.8, 4) is 11.5 Å². The van der Waals surface area contributed by atoms with Gasteiger partial charge < -0.3 is 14.3 Å². The van der Waals surface area contributed by atoms with Crippen molar-refractivity contribution in [3.05, 3.63) is 68.1 Å². The van der Waals surface area contributed by atoms with Crippen molar-refractivity contribution in [2.75, 3.05) is 13.2 Å². The molecule has 2 rings (SSSR count). The fourth-order valence-electron chi connectivity index (χ4n) is 2.48. The molecular formula is C22H20Cl4F3NO3. The van der Waals surface area contributed by atoms with E-state index in [0.717, 1.165) is 25.0 Å². The minimum atomic E-state index is -4.35. The molecule has 0 fully saturated rings. The highest BCUT2D eigenvalue weighted by Gasteiger charge is 2.29. The Bertz CT molecular complexity index is 924. The fourth-order valence-corrected chi connectivity index (χ4v) is 3.18. The molecule has 0 atom stereocenters. The van der Waals surface area contributed by atoms with E-state index in [-0.39, 0.29) is 17.7 Å². The van der Waals surface area contributed by atoms with Crippen LogP contribution in [0.1, 0.15) is 30.4 Å². The topological polar surface area (TPSA) is 40.0 Å². The van der Waals surface area contributed by atoms with Crippen molar-refractivity contribution in [2.24, 2.45) is 5.16 Å². The van der Waals surface area contributed by atoms with E-state index in [2.05, 4.69) is 5.16 Å². The van der Waals surface area contributed by atoms with Crippen molar-refractivity contribution in [1.29, 1.82) is 0 Å². The first kappa shape index (κ1) is 27.4. The van der Waals surface area contributed by atoms with Gasteiger partial charge in [-0.2, -0.15) is 13.2 Å². The Morgan fingerprint density at radius 1 is 0.970 bits per heavy atom. The van der Waals surface area contributed by atoms with E-state index in [1.54, 1.807) is 18.3 Å². The highest BCUT2D eigenvalue weighted by atomic mass is 35.5. The minimum absolute atomic E-state index is 0.0870. The second kappa shape index (κ2) is 13.8. The highest BCUT2D eigenvalue weighted by molar-refractivity contribution is 6.55. The van der Waals surface area contributed by atoms with Gasteiger partial charge in [0.25, 0.3) is 0 Å². The van der Waals surface area contributed by atoms with E-state index in [1.165, 1.54) is 18.2 Å². The summed E-state index contributed by atoms with van der Waals surface area (Å²) in [6, 6.07) is 7.90. The summed E-state index contributed by atoms with van der Waals surface area (Å²) < 4.78 is 48.8. The van der Waals surface area contributed by atoms with E-state index in [4.69, 9.17) is 60.7 Å². The third-order valence-corrected chi connectivity index (χ3v) is 4.97. The average molecular weight is 545 g/mol. The lowest BCUT2D eigenvalue weighted by molar-refractivity contribution is -0.137. The number of oxime groups is 1. The van der Waals surface area contributed by atoms with Crippen LogP contribution in [0.25, 0.3) is 0 Å². The molecule has 0 bridgehead atoms. The molecule has 0 aliphatic rings. The zero-order valence-electron chi connectivity index (χ0n) is 17.2. The van der Waals surface area contributed by atoms with Crippen molar-refractivity contribution >= 4 is 52.6 Å². The van der Waals surface area contributed by atoms with Gasteiger partial charge in [-0.3, -0.25) is 0 Å². The van der Waals surface area contributed by atoms with Gasteiger partial charge in [0.2, 0.25) is 0 Å². The summed E-state index contributed by atoms with van der Waals surface area (Å²) in [6.45, 7) is 0.652. The molecule has 0 N–H and O–H groups in total. The molecular weight excluding hydrogens is 525 g/mol. The molecule has 0 unspecified atom stereocenters. The summed E-state index contributed by atoms with van der Waals surface area (Å²) >= 11 is 23.5. The van der Waals surface area contributed by atoms with E-state index in [0.29, 0.717) is 40.1 Å². The number of alkyl halides is 3. The summed E-state index contributed by atoms with van der Waals surface area (Å²) in [5, 5.41) is 4.43. The van der Waals surface area contributed by atoms with Crippen molar-refractivity contribution in [3.63, 3.8) is 0 Å². The van der Waals surface area contributed by atoms with Gasteiger partial charge >= 0.3 is 6.18 Å². The van der Waals surface area contributed by atoms with E-state index in [9.17, 15) is 13.2 Å². The smallest absolute Gasteiger partial charge is 0.416 e. The maximum absolute atomic E-state index is 12.5. The first-order valence-electron chi connectivity index (χ1n) is 9.72. The minimum Gasteiger partial charge on any atom is -0.490 e. The van der Waals surface area contributed by atoms with Gasteiger partial charge in [-0.1, -0.05) is 63.7 Å². The lowest BCUT2D eigenvalue weighted by Gasteiger charge is -2.12. The Balaban J connectivity index is 1.64. The molecule has 0 aliphatic carbocycles. The summed E-state index contributed by atoms with van der Waals surface area (Å²) in [5.41, 5.74) is -0.105. The monoisotopic (exact) mass is 543 g/mol. The second-order valence-corrected chi connectivity index (χ2v) is 8.44. The normalized spacial score (nSPS) is 11.5. The standard InChI is InChI=1S/C22H20Cl4F3NO3/c23-18-12-17(31-11-8-20(25)26)13-19(24)21(18)32-10-3-1-2-9-30-33-14-15-4-6-16(7-5-15)22(27,28)29/h4-9,12-13H,1-3,10-11,14H2/b30-9+. The highest BCUT2D eigenvalue weighted by Crippen LogP contribution is 2.37. The first-order chi connectivity index (χ1) is 15.7. The molecule has 0 spiro atoms. The molecule has 2 aromatic carbocycles. The summed E-state index contributed by atoms with van der Waals surface area (Å²) in [7, 11) is 0. The van der Waals surface area contributed by atoms with Crippen LogP contribution in [-0.2, 0) is 17.6 Å². The third kappa shape index (κ3) is 10.3. The first-order valence-corrected chi connectivity index (χ1v) is 11.2. The van der Waals surface area contributed by atoms with Crippen LogP contribution >= 0.6 is 46.4 Å². The van der Waals surface area contributed by atoms with Gasteiger partial charge in [0.05, 0.1) is 22.2 Å². The lowest BCUT2D eigenvalue weighted by atomic mass is 10.1. The molecule has 180 valence electrons. The van der Waals surface area contributed by atoms with E-state index >= 15 is 0 Å². The van der Waals surface area contributed by atoms with Crippen molar-refractivity contribution < 1.29 is 27.5 Å². The molecule has 0 saturated carbocycles. The maximum Gasteiger partial charge on any atom is 0.416 e. The quantitative estimate of drug-likeness (QED) is 0.153. The van der Waals surface area contributed by atoms with Crippen LogP contribution < -0.4 is 9.47 Å². The van der Waals surface area contributed by atoms with Crippen LogP contribution in [0.2, 0.25) is 10.0 Å². The van der Waals surface area contributed by atoms with Gasteiger partial charge in [-0.25, -0.2) is 0 Å². The largest absolute Gasteiger partial charge is 0.490 e. The second-order valence-electron chi connectivity index (χ2n) is 6.62. The number of benzene rings is 2. The van der Waals surface area contributed by atoms with Crippen LogP contribution in [0, 0.1) is 0 Å². The van der Waals surface area contributed by atoms with Crippen LogP contribution in [0.3, 0.4) is 0 Å². The Kier molecular flexibility index (Phi) is 11.5. The Morgan fingerprint density at radius 2 is 1.64 bits per heavy atom. The van der Waals surface area contributed by atoms with Gasteiger partial charge in [0.1, 0.15) is 23.5 Å². The predicted octanol–water partition coefficient (Wildman–Crippen LogP) is 8.46. The number of hydrogen-bond acceptors (Lipinski definition) is 4. The van der Waals surface area contributed by atoms with Gasteiger partial charge in [0, 0.05) is 18.3 Å². The van der Waals surface area contributed by atoms with Crippen LogP contribution in [0.15, 0.2) is 52.1 Å². The third-order valence-electron chi connectivity index (χ3n) is 4.09. The lowest BCUT2D eigenvalue weighted by Crippen LogP contribution is -2.04. The Hall–Kier alpha value is -1.80. The number of hydrogen-bond donors (Lipinski definition) is 0. The average Bonchev–Trinajstić information content (AvgIpc) is 2.73. The van der Waals surface area contributed by atoms with Crippen LogP contribution in [0.5, 0.6) is 11.5 Å². The predicted molar refractivity (Wildman–Crippen MR) is 126 cm³/mol. The Labute approximate surface area is 209 Å². The maximum atomic E-state index is 12.5. The van der Waals surface area contributed by atoms with Gasteiger partial charge in [-0.15, -0.1) is 0 Å². The molecule has 33 heavy (non-hydrogen) atoms. The molecule has 0 aliphatic heterocycles. The van der Waals surface area contributed by atoms with Crippen molar-refractivity contribution in [2.45, 2.75) is 32.0 Å². The SMILES string of the molecule is FC(F)(F)c1ccc(CO/N=C/CCCCOc2c(Cl)cc(OCC=C(Cl)Cl)cc2Cl)cc1. The zero-order chi connectivity index (χ0) is 24.3. The Morgan fingerprint density at radius 3 is 2.24 bits per heavy atom. The number of ether oxygens (including phenoxy) is 2. The molecule has 0 radical (unpaired) electrons.